The lowest BCUT2D eigenvalue weighted by Crippen LogP contribution is -3.19. The average molecular weight is 553 g/mol. The molecule has 3 aromatic rings. The normalized spacial score (nSPS) is 14.0. The van der Waals surface area contributed by atoms with Crippen LogP contribution >= 0.6 is 0 Å². The second-order valence-corrected chi connectivity index (χ2v) is 9.39. The van der Waals surface area contributed by atoms with Crippen molar-refractivity contribution in [3.8, 4) is 0 Å². The van der Waals surface area contributed by atoms with Crippen molar-refractivity contribution in [2.24, 2.45) is 17.3 Å². The number of aromatic nitrogens is 2. The first-order valence-corrected chi connectivity index (χ1v) is 12.7. The molecule has 40 heavy (non-hydrogen) atoms. The smallest absolute Gasteiger partial charge is 0.270 e. The zero-order chi connectivity index (χ0) is 29.2. The fourth-order valence-electron chi connectivity index (χ4n) is 3.90. The number of carbonyl (C=O) groups excluding carboxylic acids is 3. The molecule has 2 aromatic carbocycles. The predicted molar refractivity (Wildman–Crippen MR) is 145 cm³/mol. The Labute approximate surface area is 231 Å². The van der Waals surface area contributed by atoms with Gasteiger partial charge in [-0.1, -0.05) is 36.4 Å². The van der Waals surface area contributed by atoms with Gasteiger partial charge in [0, 0.05) is 18.2 Å². The molecule has 0 bridgehead atoms. The van der Waals surface area contributed by atoms with Crippen LogP contribution in [0.25, 0.3) is 0 Å². The van der Waals surface area contributed by atoms with Gasteiger partial charge in [0.05, 0.1) is 18.6 Å². The minimum Gasteiger partial charge on any atom is -0.369 e. The molecular weight excluding hydrogens is 517 g/mol. The van der Waals surface area contributed by atoms with Crippen LogP contribution in [0.15, 0.2) is 60.9 Å². The Bertz CT molecular complexity index is 1300. The maximum atomic E-state index is 13.1. The third-order valence-electron chi connectivity index (χ3n) is 6.08. The number of nitrogens with one attached hydrogen (secondary N) is 4. The lowest BCUT2D eigenvalue weighted by molar-refractivity contribution is -0.947. The van der Waals surface area contributed by atoms with Crippen molar-refractivity contribution >= 4 is 17.7 Å². The number of quaternary nitrogens is 1. The van der Waals surface area contributed by atoms with Crippen LogP contribution in [0.4, 0.5) is 4.39 Å². The van der Waals surface area contributed by atoms with E-state index < -0.39 is 17.7 Å². The first kappa shape index (κ1) is 30.2. The molecule has 10 N–H and O–H groups in total. The molecule has 0 radical (unpaired) electrons. The SMILES string of the molecule is C[C@H](NC(=O)c1cc(C(=O)NCc2ccc(F)cc2)ncn1)c1ccc(C(N[C@@H](C)N)[NH+](N)CCC(N)=O)cc1. The minimum absolute atomic E-state index is 0.0251. The lowest BCUT2D eigenvalue weighted by atomic mass is 10.0. The van der Waals surface area contributed by atoms with Gasteiger partial charge < -0.3 is 22.1 Å². The molecule has 0 aliphatic carbocycles. The quantitative estimate of drug-likeness (QED) is 0.0842. The molecule has 1 heterocycles. The molecule has 0 aliphatic rings. The van der Waals surface area contributed by atoms with Gasteiger partial charge in [-0.3, -0.25) is 14.4 Å². The van der Waals surface area contributed by atoms with E-state index in [1.165, 1.54) is 18.2 Å². The third-order valence-corrected chi connectivity index (χ3v) is 6.08. The molecule has 1 aromatic heterocycles. The van der Waals surface area contributed by atoms with E-state index in [-0.39, 0.29) is 48.5 Å². The molecule has 0 fully saturated rings. The van der Waals surface area contributed by atoms with Crippen molar-refractivity contribution in [2.45, 2.75) is 45.2 Å². The molecule has 0 saturated heterocycles. The van der Waals surface area contributed by atoms with Crippen molar-refractivity contribution in [3.63, 3.8) is 0 Å². The van der Waals surface area contributed by atoms with Crippen LogP contribution < -0.4 is 38.3 Å². The van der Waals surface area contributed by atoms with Crippen LogP contribution in [0.3, 0.4) is 0 Å². The molecule has 0 aliphatic heterocycles. The van der Waals surface area contributed by atoms with E-state index >= 15 is 0 Å². The van der Waals surface area contributed by atoms with E-state index in [1.54, 1.807) is 19.1 Å². The Balaban J connectivity index is 1.63. The van der Waals surface area contributed by atoms with Crippen LogP contribution in [-0.4, -0.2) is 40.4 Å². The molecule has 4 atom stereocenters. The van der Waals surface area contributed by atoms with Crippen LogP contribution in [-0.2, 0) is 11.3 Å². The summed E-state index contributed by atoms with van der Waals surface area (Å²) in [5.74, 6) is 4.46. The highest BCUT2D eigenvalue weighted by Crippen LogP contribution is 2.16. The van der Waals surface area contributed by atoms with Crippen LogP contribution in [0.2, 0.25) is 0 Å². The van der Waals surface area contributed by atoms with Crippen molar-refractivity contribution in [1.29, 1.82) is 0 Å². The Hall–Kier alpha value is -4.30. The number of hydrogen-bond donors (Lipinski definition) is 7. The maximum absolute atomic E-state index is 13.1. The Morgan fingerprint density at radius 3 is 2.15 bits per heavy atom. The minimum atomic E-state index is -0.494. The van der Waals surface area contributed by atoms with Crippen LogP contribution in [0.5, 0.6) is 0 Å². The van der Waals surface area contributed by atoms with E-state index in [0.717, 1.165) is 17.5 Å². The summed E-state index contributed by atoms with van der Waals surface area (Å²) < 4.78 is 13.1. The number of benzene rings is 2. The molecule has 2 unspecified atom stereocenters. The van der Waals surface area contributed by atoms with Gasteiger partial charge in [-0.05, 0) is 37.1 Å². The van der Waals surface area contributed by atoms with E-state index in [9.17, 15) is 18.8 Å². The summed E-state index contributed by atoms with van der Waals surface area (Å²) in [4.78, 5) is 44.5. The molecular formula is C27H35FN9O3+. The average Bonchev–Trinajstić information content (AvgIpc) is 2.94. The van der Waals surface area contributed by atoms with Gasteiger partial charge in [0.15, 0.2) is 6.17 Å². The Morgan fingerprint density at radius 1 is 0.950 bits per heavy atom. The molecule has 0 saturated carbocycles. The third kappa shape index (κ3) is 8.88. The predicted octanol–water partition coefficient (Wildman–Crippen LogP) is -0.436. The van der Waals surface area contributed by atoms with E-state index in [0.29, 0.717) is 17.1 Å². The van der Waals surface area contributed by atoms with Crippen molar-refractivity contribution in [3.05, 3.63) is 94.8 Å². The van der Waals surface area contributed by atoms with Crippen LogP contribution in [0.1, 0.15) is 70.1 Å². The highest BCUT2D eigenvalue weighted by Gasteiger charge is 2.24. The molecule has 12 nitrogen and oxygen atoms in total. The molecule has 212 valence electrons. The summed E-state index contributed by atoms with van der Waals surface area (Å²) in [7, 11) is 0. The second kappa shape index (κ2) is 14.2. The number of primary amides is 1. The molecule has 3 amide bonds. The second-order valence-electron chi connectivity index (χ2n) is 9.39. The van der Waals surface area contributed by atoms with Gasteiger partial charge in [0.25, 0.3) is 11.8 Å². The first-order valence-electron chi connectivity index (χ1n) is 12.7. The van der Waals surface area contributed by atoms with Gasteiger partial charge in [0.1, 0.15) is 30.1 Å². The number of amides is 3. The van der Waals surface area contributed by atoms with Crippen molar-refractivity contribution < 1.29 is 23.8 Å². The van der Waals surface area contributed by atoms with E-state index in [1.807, 2.05) is 31.2 Å². The molecule has 13 heteroatoms. The van der Waals surface area contributed by atoms with E-state index in [4.69, 9.17) is 17.3 Å². The van der Waals surface area contributed by atoms with Gasteiger partial charge in [-0.15, -0.1) is 0 Å². The zero-order valence-corrected chi connectivity index (χ0v) is 22.4. The number of nitrogens with two attached hydrogens (primary N) is 3. The highest BCUT2D eigenvalue weighted by atomic mass is 19.1. The Kier molecular flexibility index (Phi) is 10.7. The maximum Gasteiger partial charge on any atom is 0.270 e. The number of nitrogens with zero attached hydrogens (tertiary/aromatic N) is 2. The summed E-state index contributed by atoms with van der Waals surface area (Å²) in [5, 5.41) is 9.27. The van der Waals surface area contributed by atoms with Gasteiger partial charge in [-0.25, -0.2) is 24.7 Å². The first-order chi connectivity index (χ1) is 19.0. The lowest BCUT2D eigenvalue weighted by Gasteiger charge is -2.27. The molecule has 3 rings (SSSR count). The van der Waals surface area contributed by atoms with Crippen LogP contribution in [0, 0.1) is 5.82 Å². The fourth-order valence-corrected chi connectivity index (χ4v) is 3.90. The fraction of sp³-hybridized carbons (Fsp3) is 0.296. The summed E-state index contributed by atoms with van der Waals surface area (Å²) in [6.07, 6.45) is 0.543. The summed E-state index contributed by atoms with van der Waals surface area (Å²) in [6, 6.07) is 14.1. The number of rotatable bonds is 13. The van der Waals surface area contributed by atoms with Gasteiger partial charge >= 0.3 is 0 Å². The summed E-state index contributed by atoms with van der Waals surface area (Å²) in [6.45, 7) is 4.09. The number of hydrogen-bond acceptors (Lipinski definition) is 8. The standard InChI is InChI=1S/C27H34FN9O3/c1-16(19-5-7-20(8-6-19)25(36-17(2)29)37(31)12-11-24(30)38)35-27(40)23-13-22(33-15-34-23)26(39)32-14-18-3-9-21(28)10-4-18/h3-10,13,15-17,25,36H,11-12,14,29,31H2,1-2H3,(H2,30,38)(H,32,39)(H,35,40)/p+1/t16-,17-,25?/m0/s1. The van der Waals surface area contributed by atoms with E-state index in [2.05, 4.69) is 25.9 Å². The largest absolute Gasteiger partial charge is 0.369 e. The highest BCUT2D eigenvalue weighted by molar-refractivity contribution is 5.97. The monoisotopic (exact) mass is 552 g/mol. The number of carbonyl (C=O) groups is 3. The van der Waals surface area contributed by atoms with Crippen molar-refractivity contribution in [2.75, 3.05) is 6.54 Å². The molecule has 0 spiro atoms. The van der Waals surface area contributed by atoms with Gasteiger partial charge in [-0.2, -0.15) is 5.84 Å². The van der Waals surface area contributed by atoms with Gasteiger partial charge in [0.2, 0.25) is 5.91 Å². The topological polar surface area (TPSA) is 196 Å². The number of halogens is 1. The van der Waals surface area contributed by atoms with Crippen molar-refractivity contribution in [1.82, 2.24) is 25.9 Å². The summed E-state index contributed by atoms with van der Waals surface area (Å²) >= 11 is 0. The Morgan fingerprint density at radius 2 is 1.55 bits per heavy atom. The summed E-state index contributed by atoms with van der Waals surface area (Å²) in [5.41, 5.74) is 13.6. The zero-order valence-electron chi connectivity index (χ0n) is 22.4.